The van der Waals surface area contributed by atoms with E-state index in [-0.39, 0.29) is 24.7 Å². The van der Waals surface area contributed by atoms with Crippen LogP contribution in [0, 0.1) is 0 Å². The van der Waals surface area contributed by atoms with Gasteiger partial charge in [-0.2, -0.15) is 0 Å². The zero-order valence-corrected chi connectivity index (χ0v) is 14.6. The monoisotopic (exact) mass is 369 g/mol. The van der Waals surface area contributed by atoms with Crippen LogP contribution in [0.4, 0.5) is 0 Å². The van der Waals surface area contributed by atoms with Crippen LogP contribution < -0.4 is 0 Å². The molecule has 0 aliphatic heterocycles. The number of aromatic nitrogens is 1. The Morgan fingerprint density at radius 1 is 1.18 bits per heavy atom. The number of carbonyl (C=O) groups is 2. The van der Waals surface area contributed by atoms with Crippen LogP contribution in [0.25, 0.3) is 0 Å². The van der Waals surface area contributed by atoms with E-state index in [1.54, 1.807) is 26.1 Å². The van der Waals surface area contributed by atoms with Crippen molar-refractivity contribution in [1.29, 1.82) is 0 Å². The van der Waals surface area contributed by atoms with Gasteiger partial charge in [0.15, 0.2) is 0 Å². The Bertz CT molecular complexity index is 520. The maximum Gasteiger partial charge on any atom is 0.345 e. The molecule has 1 unspecified atom stereocenters. The average Bonchev–Trinajstić information content (AvgIpc) is 2.50. The molecule has 0 bridgehead atoms. The topological polar surface area (TPSA) is 65.5 Å². The first-order valence-corrected chi connectivity index (χ1v) is 8.00. The molecule has 6 heteroatoms. The van der Waals surface area contributed by atoms with Crippen LogP contribution in [0.5, 0.6) is 0 Å². The van der Waals surface area contributed by atoms with E-state index >= 15 is 0 Å². The quantitative estimate of drug-likeness (QED) is 0.319. The van der Waals surface area contributed by atoms with Crippen molar-refractivity contribution >= 4 is 27.9 Å². The minimum atomic E-state index is -0.670. The fraction of sp³-hybridized carbons (Fsp3) is 0.438. The fourth-order valence-corrected chi connectivity index (χ4v) is 2.09. The van der Waals surface area contributed by atoms with Crippen LogP contribution in [-0.2, 0) is 19.1 Å². The summed E-state index contributed by atoms with van der Waals surface area (Å²) >= 11 is 3.33. The van der Waals surface area contributed by atoms with Crippen LogP contribution in [0.1, 0.15) is 38.8 Å². The molecule has 0 aromatic carbocycles. The molecule has 0 saturated carbocycles. The molecule has 0 amide bonds. The summed E-state index contributed by atoms with van der Waals surface area (Å²) in [6.07, 6.45) is 3.95. The smallest absolute Gasteiger partial charge is 0.345 e. The number of allylic oxidation sites excluding steroid dienone is 1. The number of hydrogen-bond acceptors (Lipinski definition) is 5. The normalized spacial score (nSPS) is 11.5. The number of rotatable bonds is 7. The molecule has 5 nitrogen and oxygen atoms in total. The Balaban J connectivity index is 3.12. The fourth-order valence-electron chi connectivity index (χ4n) is 1.86. The maximum absolute atomic E-state index is 12.0. The first kappa shape index (κ1) is 18.4. The number of pyridine rings is 1. The molecular formula is C16H20BrNO4. The standard InChI is InChI=1S/C16H20BrNO4/c1-4-11(14-8-7-12(17)10-18-14)9-13(15(19)21-5-2)16(20)22-6-3/h7-11H,4-6H2,1-3H3. The zero-order valence-electron chi connectivity index (χ0n) is 13.0. The van der Waals surface area contributed by atoms with Crippen molar-refractivity contribution in [3.8, 4) is 0 Å². The second-order valence-electron chi connectivity index (χ2n) is 4.44. The third-order valence-corrected chi connectivity index (χ3v) is 3.40. The van der Waals surface area contributed by atoms with Crippen LogP contribution in [0.2, 0.25) is 0 Å². The van der Waals surface area contributed by atoms with Crippen LogP contribution in [0.15, 0.2) is 34.5 Å². The molecule has 22 heavy (non-hydrogen) atoms. The van der Waals surface area contributed by atoms with Gasteiger partial charge in [-0.1, -0.05) is 13.0 Å². The molecule has 1 rings (SSSR count). The van der Waals surface area contributed by atoms with Crippen molar-refractivity contribution < 1.29 is 19.1 Å². The van der Waals surface area contributed by atoms with Crippen molar-refractivity contribution in [1.82, 2.24) is 4.98 Å². The lowest BCUT2D eigenvalue weighted by Crippen LogP contribution is -2.19. The van der Waals surface area contributed by atoms with Crippen molar-refractivity contribution in [2.45, 2.75) is 33.1 Å². The van der Waals surface area contributed by atoms with E-state index in [9.17, 15) is 9.59 Å². The van der Waals surface area contributed by atoms with Gasteiger partial charge in [0.25, 0.3) is 0 Å². The highest BCUT2D eigenvalue weighted by Crippen LogP contribution is 2.23. The molecule has 0 saturated heterocycles. The molecule has 0 fully saturated rings. The molecular weight excluding hydrogens is 350 g/mol. The van der Waals surface area contributed by atoms with Gasteiger partial charge in [-0.3, -0.25) is 4.98 Å². The van der Waals surface area contributed by atoms with E-state index < -0.39 is 11.9 Å². The van der Waals surface area contributed by atoms with Crippen LogP contribution in [-0.4, -0.2) is 30.1 Å². The predicted molar refractivity (Wildman–Crippen MR) is 86.3 cm³/mol. The van der Waals surface area contributed by atoms with Gasteiger partial charge in [-0.15, -0.1) is 0 Å². The van der Waals surface area contributed by atoms with Gasteiger partial charge < -0.3 is 9.47 Å². The molecule has 1 atom stereocenters. The van der Waals surface area contributed by atoms with Crippen molar-refractivity contribution in [3.63, 3.8) is 0 Å². The summed E-state index contributed by atoms with van der Waals surface area (Å²) in [4.78, 5) is 28.3. The third-order valence-electron chi connectivity index (χ3n) is 2.93. The van der Waals surface area contributed by atoms with Crippen LogP contribution >= 0.6 is 15.9 Å². The summed E-state index contributed by atoms with van der Waals surface area (Å²) < 4.78 is 10.7. The Kier molecular flexibility index (Phi) is 7.80. The highest BCUT2D eigenvalue weighted by molar-refractivity contribution is 9.10. The Labute approximate surface area is 138 Å². The Morgan fingerprint density at radius 2 is 1.77 bits per heavy atom. The van der Waals surface area contributed by atoms with Crippen molar-refractivity contribution in [3.05, 3.63) is 40.1 Å². The molecule has 0 spiro atoms. The Hall–Kier alpha value is -1.69. The second-order valence-corrected chi connectivity index (χ2v) is 5.35. The number of esters is 2. The number of carbonyl (C=O) groups excluding carboxylic acids is 2. The van der Waals surface area contributed by atoms with E-state index in [1.165, 1.54) is 0 Å². The highest BCUT2D eigenvalue weighted by Gasteiger charge is 2.23. The van der Waals surface area contributed by atoms with Gasteiger partial charge in [0.2, 0.25) is 0 Å². The van der Waals surface area contributed by atoms with E-state index in [0.717, 1.165) is 10.2 Å². The van der Waals surface area contributed by atoms with E-state index in [2.05, 4.69) is 20.9 Å². The molecule has 120 valence electrons. The van der Waals surface area contributed by atoms with E-state index in [1.807, 2.05) is 19.1 Å². The van der Waals surface area contributed by atoms with E-state index in [0.29, 0.717) is 6.42 Å². The molecule has 1 aromatic rings. The molecule has 0 aliphatic rings. The first-order chi connectivity index (χ1) is 10.5. The largest absolute Gasteiger partial charge is 0.462 e. The highest BCUT2D eigenvalue weighted by atomic mass is 79.9. The number of ether oxygens (including phenoxy) is 2. The summed E-state index contributed by atoms with van der Waals surface area (Å²) in [5.74, 6) is -1.51. The number of halogens is 1. The van der Waals surface area contributed by atoms with Crippen molar-refractivity contribution in [2.24, 2.45) is 0 Å². The van der Waals surface area contributed by atoms with Gasteiger partial charge >= 0.3 is 11.9 Å². The minimum absolute atomic E-state index is 0.0831. The third kappa shape index (κ3) is 5.26. The maximum atomic E-state index is 12.0. The van der Waals surface area contributed by atoms with Crippen molar-refractivity contribution in [2.75, 3.05) is 13.2 Å². The Morgan fingerprint density at radius 3 is 2.18 bits per heavy atom. The SMILES string of the molecule is CCOC(=O)C(=CC(CC)c1ccc(Br)cn1)C(=O)OCC. The van der Waals surface area contributed by atoms with Crippen LogP contribution in [0.3, 0.4) is 0 Å². The predicted octanol–water partition coefficient (Wildman–Crippen LogP) is 3.39. The molecule has 1 aromatic heterocycles. The van der Waals surface area contributed by atoms with Gasteiger partial charge in [0.05, 0.1) is 13.2 Å². The van der Waals surface area contributed by atoms with E-state index in [4.69, 9.17) is 9.47 Å². The lowest BCUT2D eigenvalue weighted by molar-refractivity contribution is -0.146. The molecule has 0 radical (unpaired) electrons. The summed E-state index contributed by atoms with van der Waals surface area (Å²) in [6, 6.07) is 3.72. The van der Waals surface area contributed by atoms with Gasteiger partial charge in [-0.25, -0.2) is 9.59 Å². The molecule has 0 N–H and O–H groups in total. The summed E-state index contributed by atoms with van der Waals surface area (Å²) in [5.41, 5.74) is 0.692. The molecule has 0 aliphatic carbocycles. The lowest BCUT2D eigenvalue weighted by Gasteiger charge is -2.12. The summed E-state index contributed by atoms with van der Waals surface area (Å²) in [5, 5.41) is 0. The summed E-state index contributed by atoms with van der Waals surface area (Å²) in [7, 11) is 0. The zero-order chi connectivity index (χ0) is 16.5. The molecule has 1 heterocycles. The van der Waals surface area contributed by atoms with Gasteiger partial charge in [0, 0.05) is 22.3 Å². The summed E-state index contributed by atoms with van der Waals surface area (Å²) in [6.45, 7) is 5.73. The minimum Gasteiger partial charge on any atom is -0.462 e. The van der Waals surface area contributed by atoms with Gasteiger partial charge in [0.1, 0.15) is 5.57 Å². The number of nitrogens with zero attached hydrogens (tertiary/aromatic N) is 1. The first-order valence-electron chi connectivity index (χ1n) is 7.20. The second kappa shape index (κ2) is 9.35. The average molecular weight is 370 g/mol. The van der Waals surface area contributed by atoms with Gasteiger partial charge in [-0.05, 0) is 48.3 Å². The number of hydrogen-bond donors (Lipinski definition) is 0. The lowest BCUT2D eigenvalue weighted by atomic mass is 9.98.